The van der Waals surface area contributed by atoms with Crippen LogP contribution in [0.5, 0.6) is 0 Å². The summed E-state index contributed by atoms with van der Waals surface area (Å²) in [6, 6.07) is 4.85. The highest BCUT2D eigenvalue weighted by atomic mass is 19.1. The third-order valence-corrected chi connectivity index (χ3v) is 4.88. The number of hydrogen-bond acceptors (Lipinski definition) is 4. The summed E-state index contributed by atoms with van der Waals surface area (Å²) in [7, 11) is 0. The molecule has 3 rings (SSSR count). The molecule has 1 saturated heterocycles. The summed E-state index contributed by atoms with van der Waals surface area (Å²) in [5.41, 5.74) is -0.462. The smallest absolute Gasteiger partial charge is 0.314 e. The van der Waals surface area contributed by atoms with Crippen LogP contribution >= 0.6 is 0 Å². The molecule has 0 radical (unpaired) electrons. The van der Waals surface area contributed by atoms with Crippen LogP contribution in [0.1, 0.15) is 35.7 Å². The van der Waals surface area contributed by atoms with Crippen molar-refractivity contribution in [1.82, 2.24) is 4.90 Å². The fourth-order valence-corrected chi connectivity index (χ4v) is 3.57. The minimum Gasteiger partial charge on any atom is -0.472 e. The number of likely N-dealkylation sites (tertiary alicyclic amines) is 1. The van der Waals surface area contributed by atoms with Gasteiger partial charge in [0.1, 0.15) is 17.9 Å². The van der Waals surface area contributed by atoms with E-state index in [9.17, 15) is 18.4 Å². The minimum absolute atomic E-state index is 0.0348. The van der Waals surface area contributed by atoms with E-state index >= 15 is 0 Å². The molecule has 0 bridgehead atoms. The van der Waals surface area contributed by atoms with Crippen LogP contribution < -0.4 is 0 Å². The first-order valence-electron chi connectivity index (χ1n) is 8.88. The van der Waals surface area contributed by atoms with Gasteiger partial charge in [0.25, 0.3) is 5.91 Å². The van der Waals surface area contributed by atoms with Crippen LogP contribution in [0, 0.1) is 17.0 Å². The lowest BCUT2D eigenvalue weighted by atomic mass is 9.74. The Labute approximate surface area is 155 Å². The summed E-state index contributed by atoms with van der Waals surface area (Å²) in [4.78, 5) is 27.0. The Hall–Kier alpha value is -2.70. The second-order valence-electron chi connectivity index (χ2n) is 6.76. The van der Waals surface area contributed by atoms with E-state index in [4.69, 9.17) is 9.15 Å². The van der Waals surface area contributed by atoms with Gasteiger partial charge in [-0.2, -0.15) is 0 Å². The van der Waals surface area contributed by atoms with Crippen LogP contribution in [0.3, 0.4) is 0 Å². The van der Waals surface area contributed by atoms with Crippen molar-refractivity contribution < 1.29 is 27.5 Å². The van der Waals surface area contributed by atoms with E-state index < -0.39 is 23.0 Å². The largest absolute Gasteiger partial charge is 0.472 e. The lowest BCUT2D eigenvalue weighted by Crippen LogP contribution is -2.51. The maximum Gasteiger partial charge on any atom is 0.314 e. The Balaban J connectivity index is 1.90. The normalized spacial score (nSPS) is 19.7. The van der Waals surface area contributed by atoms with E-state index in [1.807, 2.05) is 0 Å². The SMILES string of the molecule is CCOC(=O)[C@@]1(Cc2ccc(F)cc2F)CCCN(C(=O)c2ccoc2)C1. The first kappa shape index (κ1) is 19.1. The molecular formula is C20H21F2NO4. The predicted octanol–water partition coefficient (Wildman–Crippen LogP) is 3.59. The van der Waals surface area contributed by atoms with Crippen LogP contribution in [0.25, 0.3) is 0 Å². The first-order valence-corrected chi connectivity index (χ1v) is 8.88. The number of rotatable bonds is 5. The van der Waals surface area contributed by atoms with Gasteiger partial charge < -0.3 is 14.1 Å². The van der Waals surface area contributed by atoms with Crippen LogP contribution in [-0.4, -0.2) is 36.5 Å². The molecule has 0 N–H and O–H groups in total. The van der Waals surface area contributed by atoms with Crippen molar-refractivity contribution >= 4 is 11.9 Å². The number of carbonyl (C=O) groups excluding carboxylic acids is 2. The summed E-state index contributed by atoms with van der Waals surface area (Å²) >= 11 is 0. The predicted molar refractivity (Wildman–Crippen MR) is 93.0 cm³/mol. The van der Waals surface area contributed by atoms with Crippen molar-refractivity contribution in [3.8, 4) is 0 Å². The Kier molecular flexibility index (Phi) is 5.58. The van der Waals surface area contributed by atoms with Crippen LogP contribution in [-0.2, 0) is 16.0 Å². The van der Waals surface area contributed by atoms with E-state index in [-0.39, 0.29) is 31.0 Å². The van der Waals surface area contributed by atoms with E-state index in [2.05, 4.69) is 0 Å². The van der Waals surface area contributed by atoms with Crippen molar-refractivity contribution in [3.63, 3.8) is 0 Å². The molecule has 0 unspecified atom stereocenters. The van der Waals surface area contributed by atoms with Gasteiger partial charge in [-0.1, -0.05) is 6.07 Å². The number of carbonyl (C=O) groups is 2. The summed E-state index contributed by atoms with van der Waals surface area (Å²) in [6.07, 6.45) is 3.82. The summed E-state index contributed by atoms with van der Waals surface area (Å²) in [5, 5.41) is 0. The first-order chi connectivity index (χ1) is 12.9. The van der Waals surface area contributed by atoms with Gasteiger partial charge in [0.05, 0.1) is 23.8 Å². The van der Waals surface area contributed by atoms with Gasteiger partial charge >= 0.3 is 5.97 Å². The fourth-order valence-electron chi connectivity index (χ4n) is 3.57. The molecule has 1 amide bonds. The molecule has 1 aliphatic rings. The van der Waals surface area contributed by atoms with Crippen molar-refractivity contribution in [2.75, 3.05) is 19.7 Å². The van der Waals surface area contributed by atoms with E-state index in [0.717, 1.165) is 12.1 Å². The third-order valence-electron chi connectivity index (χ3n) is 4.88. The van der Waals surface area contributed by atoms with Crippen molar-refractivity contribution in [3.05, 3.63) is 59.6 Å². The van der Waals surface area contributed by atoms with E-state index in [1.165, 1.54) is 18.6 Å². The maximum atomic E-state index is 14.2. The Morgan fingerprint density at radius 1 is 1.30 bits per heavy atom. The van der Waals surface area contributed by atoms with Gasteiger partial charge in [-0.15, -0.1) is 0 Å². The standard InChI is InChI=1S/C20H21F2NO4/c1-2-27-19(25)20(11-14-4-5-16(21)10-17(14)22)7-3-8-23(13-20)18(24)15-6-9-26-12-15/h4-6,9-10,12H,2-3,7-8,11,13H2,1H3/t20-/m1/s1. The maximum absolute atomic E-state index is 14.2. The third kappa shape index (κ3) is 4.02. The average Bonchev–Trinajstić information content (AvgIpc) is 3.18. The Morgan fingerprint density at radius 3 is 2.78 bits per heavy atom. The van der Waals surface area contributed by atoms with Crippen LogP contribution in [0.15, 0.2) is 41.2 Å². The minimum atomic E-state index is -1.08. The zero-order valence-corrected chi connectivity index (χ0v) is 15.0. The molecule has 1 aliphatic heterocycles. The van der Waals surface area contributed by atoms with Gasteiger partial charge in [-0.25, -0.2) is 8.78 Å². The van der Waals surface area contributed by atoms with Gasteiger partial charge in [0, 0.05) is 19.2 Å². The van der Waals surface area contributed by atoms with Crippen LogP contribution in [0.4, 0.5) is 8.78 Å². The quantitative estimate of drug-likeness (QED) is 0.748. The molecule has 0 aliphatic carbocycles. The number of benzene rings is 1. The van der Waals surface area contributed by atoms with E-state index in [0.29, 0.717) is 24.9 Å². The number of furan rings is 1. The summed E-state index contributed by atoms with van der Waals surface area (Å²) < 4.78 is 37.7. The molecular weight excluding hydrogens is 356 g/mol. The molecule has 7 heteroatoms. The lowest BCUT2D eigenvalue weighted by Gasteiger charge is -2.41. The molecule has 1 atom stereocenters. The van der Waals surface area contributed by atoms with Crippen LogP contribution in [0.2, 0.25) is 0 Å². The molecule has 1 fully saturated rings. The number of halogens is 2. The highest BCUT2D eigenvalue weighted by Gasteiger charge is 2.45. The van der Waals surface area contributed by atoms with E-state index in [1.54, 1.807) is 17.9 Å². The lowest BCUT2D eigenvalue weighted by molar-refractivity contribution is -0.158. The van der Waals surface area contributed by atoms with Gasteiger partial charge in [0.2, 0.25) is 0 Å². The number of amides is 1. The Morgan fingerprint density at radius 2 is 2.11 bits per heavy atom. The van der Waals surface area contributed by atoms with Gasteiger partial charge in [0.15, 0.2) is 0 Å². The number of hydrogen-bond donors (Lipinski definition) is 0. The molecule has 0 saturated carbocycles. The summed E-state index contributed by atoms with van der Waals surface area (Å²) in [5.74, 6) is -2.12. The molecule has 2 heterocycles. The average molecular weight is 377 g/mol. The van der Waals surface area contributed by atoms with Crippen molar-refractivity contribution in [2.24, 2.45) is 5.41 Å². The zero-order chi connectivity index (χ0) is 19.4. The fraction of sp³-hybridized carbons (Fsp3) is 0.400. The molecule has 5 nitrogen and oxygen atoms in total. The zero-order valence-electron chi connectivity index (χ0n) is 15.0. The molecule has 0 spiro atoms. The van der Waals surface area contributed by atoms with Gasteiger partial charge in [-0.3, -0.25) is 9.59 Å². The summed E-state index contributed by atoms with van der Waals surface area (Å²) in [6.45, 7) is 2.47. The second kappa shape index (κ2) is 7.90. The van der Waals surface area contributed by atoms with Crippen molar-refractivity contribution in [1.29, 1.82) is 0 Å². The topological polar surface area (TPSA) is 59.8 Å². The number of ether oxygens (including phenoxy) is 1. The number of esters is 1. The molecule has 144 valence electrons. The second-order valence-corrected chi connectivity index (χ2v) is 6.76. The molecule has 1 aromatic carbocycles. The van der Waals surface area contributed by atoms with Gasteiger partial charge in [-0.05, 0) is 43.9 Å². The number of nitrogens with zero attached hydrogens (tertiary/aromatic N) is 1. The van der Waals surface area contributed by atoms with Crippen molar-refractivity contribution in [2.45, 2.75) is 26.2 Å². The molecule has 2 aromatic rings. The Bertz CT molecular complexity index is 821. The highest BCUT2D eigenvalue weighted by Crippen LogP contribution is 2.36. The number of piperidine rings is 1. The molecule has 27 heavy (non-hydrogen) atoms. The monoisotopic (exact) mass is 377 g/mol. The molecule has 1 aromatic heterocycles. The highest BCUT2D eigenvalue weighted by molar-refractivity contribution is 5.94.